The smallest absolute Gasteiger partial charge is 0.325 e. The maximum atomic E-state index is 11.8. The molecule has 0 spiro atoms. The van der Waals surface area contributed by atoms with E-state index in [4.69, 9.17) is 5.11 Å². The van der Waals surface area contributed by atoms with Gasteiger partial charge in [-0.25, -0.2) is 4.79 Å². The molecular weight excluding hydrogens is 252 g/mol. The predicted molar refractivity (Wildman–Crippen MR) is 68.7 cm³/mol. The van der Waals surface area contributed by atoms with Gasteiger partial charge in [0.15, 0.2) is 0 Å². The topological polar surface area (TPSA) is 95.9 Å². The van der Waals surface area contributed by atoms with Gasteiger partial charge in [-0.3, -0.25) is 9.59 Å². The number of urea groups is 1. The third-order valence-corrected chi connectivity index (χ3v) is 2.50. The summed E-state index contributed by atoms with van der Waals surface area (Å²) in [5, 5.41) is 11.1. The first kappa shape index (κ1) is 17.2. The molecule has 0 aromatic carbocycles. The number of aliphatic carboxylic acids is 1. The number of carbonyl (C=O) groups is 3. The standard InChI is InChI=1S/C12H22N2O5/c1-9(2)14(8-11(17)19-3)12(18)13-7-5-4-6-10(15)16/h9H,4-8H2,1-3H3,(H,13,18)(H,15,16). The van der Waals surface area contributed by atoms with Crippen LogP contribution in [0.25, 0.3) is 0 Å². The van der Waals surface area contributed by atoms with Crippen LogP contribution < -0.4 is 5.32 Å². The quantitative estimate of drug-likeness (QED) is 0.505. The van der Waals surface area contributed by atoms with E-state index in [9.17, 15) is 14.4 Å². The summed E-state index contributed by atoms with van der Waals surface area (Å²) in [5.41, 5.74) is 0. The zero-order valence-corrected chi connectivity index (χ0v) is 11.6. The highest BCUT2D eigenvalue weighted by molar-refractivity contribution is 5.81. The van der Waals surface area contributed by atoms with Gasteiger partial charge >= 0.3 is 18.0 Å². The number of carboxylic acids is 1. The van der Waals surface area contributed by atoms with E-state index in [-0.39, 0.29) is 25.0 Å². The lowest BCUT2D eigenvalue weighted by molar-refractivity contribution is -0.141. The molecule has 0 aromatic rings. The summed E-state index contributed by atoms with van der Waals surface area (Å²) in [5.74, 6) is -1.32. The number of nitrogens with one attached hydrogen (secondary N) is 1. The normalized spacial score (nSPS) is 10.1. The zero-order valence-electron chi connectivity index (χ0n) is 11.6. The highest BCUT2D eigenvalue weighted by atomic mass is 16.5. The predicted octanol–water partition coefficient (Wildman–Crippen LogP) is 0.834. The molecule has 0 saturated heterocycles. The fourth-order valence-corrected chi connectivity index (χ4v) is 1.39. The Hall–Kier alpha value is -1.79. The van der Waals surface area contributed by atoms with Crippen molar-refractivity contribution in [2.75, 3.05) is 20.2 Å². The molecule has 7 heteroatoms. The molecule has 0 rings (SSSR count). The van der Waals surface area contributed by atoms with Gasteiger partial charge in [-0.1, -0.05) is 0 Å². The van der Waals surface area contributed by atoms with E-state index in [1.165, 1.54) is 12.0 Å². The molecule has 0 bridgehead atoms. The number of carboxylic acid groups (broad SMARTS) is 1. The summed E-state index contributed by atoms with van der Waals surface area (Å²) in [6.07, 6.45) is 1.18. The van der Waals surface area contributed by atoms with Crippen LogP contribution in [0.3, 0.4) is 0 Å². The van der Waals surface area contributed by atoms with Crippen molar-refractivity contribution in [2.45, 2.75) is 39.2 Å². The van der Waals surface area contributed by atoms with E-state index < -0.39 is 11.9 Å². The van der Waals surface area contributed by atoms with Gasteiger partial charge in [0.25, 0.3) is 0 Å². The Kier molecular flexibility index (Phi) is 8.32. The van der Waals surface area contributed by atoms with Crippen LogP contribution in [-0.4, -0.2) is 54.2 Å². The lowest BCUT2D eigenvalue weighted by atomic mass is 10.2. The molecule has 2 amide bonds. The Labute approximate surface area is 112 Å². The van der Waals surface area contributed by atoms with Crippen molar-refractivity contribution in [3.8, 4) is 0 Å². The second-order valence-electron chi connectivity index (χ2n) is 4.38. The lowest BCUT2D eigenvalue weighted by Crippen LogP contribution is -2.46. The molecule has 0 aliphatic rings. The zero-order chi connectivity index (χ0) is 14.8. The number of amides is 2. The first-order chi connectivity index (χ1) is 8.88. The maximum Gasteiger partial charge on any atom is 0.325 e. The Morgan fingerprint density at radius 1 is 1.26 bits per heavy atom. The molecule has 0 aliphatic heterocycles. The van der Waals surface area contributed by atoms with Crippen molar-refractivity contribution < 1.29 is 24.2 Å². The molecule has 19 heavy (non-hydrogen) atoms. The van der Waals surface area contributed by atoms with Crippen molar-refractivity contribution in [3.05, 3.63) is 0 Å². The summed E-state index contributed by atoms with van der Waals surface area (Å²) in [6, 6.07) is -0.478. The van der Waals surface area contributed by atoms with E-state index in [2.05, 4.69) is 10.1 Å². The van der Waals surface area contributed by atoms with Crippen molar-refractivity contribution >= 4 is 18.0 Å². The third-order valence-electron chi connectivity index (χ3n) is 2.50. The average Bonchev–Trinajstić information content (AvgIpc) is 2.34. The van der Waals surface area contributed by atoms with Crippen molar-refractivity contribution in [2.24, 2.45) is 0 Å². The van der Waals surface area contributed by atoms with Crippen molar-refractivity contribution in [1.82, 2.24) is 10.2 Å². The van der Waals surface area contributed by atoms with E-state index in [1.807, 2.05) is 0 Å². The van der Waals surface area contributed by atoms with Crippen LogP contribution in [-0.2, 0) is 14.3 Å². The van der Waals surface area contributed by atoms with Crippen LogP contribution in [0.4, 0.5) is 4.79 Å². The van der Waals surface area contributed by atoms with E-state index in [0.29, 0.717) is 19.4 Å². The van der Waals surface area contributed by atoms with Crippen LogP contribution in [0.1, 0.15) is 33.1 Å². The first-order valence-electron chi connectivity index (χ1n) is 6.21. The number of ether oxygens (including phenoxy) is 1. The minimum atomic E-state index is -0.846. The van der Waals surface area contributed by atoms with E-state index >= 15 is 0 Å². The maximum absolute atomic E-state index is 11.8. The number of hydrogen-bond acceptors (Lipinski definition) is 4. The van der Waals surface area contributed by atoms with Crippen LogP contribution in [0.15, 0.2) is 0 Å². The van der Waals surface area contributed by atoms with Crippen molar-refractivity contribution in [3.63, 3.8) is 0 Å². The minimum Gasteiger partial charge on any atom is -0.481 e. The summed E-state index contributed by atoms with van der Waals surface area (Å²) in [7, 11) is 1.27. The third kappa shape index (κ3) is 8.01. The highest BCUT2D eigenvalue weighted by Crippen LogP contribution is 2.00. The second kappa shape index (κ2) is 9.18. The van der Waals surface area contributed by atoms with Gasteiger partial charge in [0.1, 0.15) is 6.54 Å². The van der Waals surface area contributed by atoms with Gasteiger partial charge in [0, 0.05) is 19.0 Å². The van der Waals surface area contributed by atoms with Crippen LogP contribution in [0.5, 0.6) is 0 Å². The molecular formula is C12H22N2O5. The molecule has 7 nitrogen and oxygen atoms in total. The Morgan fingerprint density at radius 3 is 2.37 bits per heavy atom. The largest absolute Gasteiger partial charge is 0.481 e. The lowest BCUT2D eigenvalue weighted by Gasteiger charge is -2.25. The summed E-state index contributed by atoms with van der Waals surface area (Å²) in [4.78, 5) is 34.7. The Balaban J connectivity index is 4.05. The fraction of sp³-hybridized carbons (Fsp3) is 0.750. The van der Waals surface area contributed by atoms with Gasteiger partial charge < -0.3 is 20.1 Å². The highest BCUT2D eigenvalue weighted by Gasteiger charge is 2.19. The number of hydrogen-bond donors (Lipinski definition) is 2. The summed E-state index contributed by atoms with van der Waals surface area (Å²) in [6.45, 7) is 3.88. The fourth-order valence-electron chi connectivity index (χ4n) is 1.39. The molecule has 0 aliphatic carbocycles. The molecule has 2 N–H and O–H groups in total. The monoisotopic (exact) mass is 274 g/mol. The molecule has 0 unspecified atom stereocenters. The average molecular weight is 274 g/mol. The number of methoxy groups -OCH3 is 1. The molecule has 0 atom stereocenters. The SMILES string of the molecule is COC(=O)CN(C(=O)NCCCCC(=O)O)C(C)C. The van der Waals surface area contributed by atoms with Crippen LogP contribution >= 0.6 is 0 Å². The van der Waals surface area contributed by atoms with E-state index in [1.54, 1.807) is 13.8 Å². The summed E-state index contributed by atoms with van der Waals surface area (Å²) >= 11 is 0. The molecule has 110 valence electrons. The molecule has 0 fully saturated rings. The van der Waals surface area contributed by atoms with Gasteiger partial charge in [0.2, 0.25) is 0 Å². The Morgan fingerprint density at radius 2 is 1.89 bits per heavy atom. The first-order valence-corrected chi connectivity index (χ1v) is 6.21. The molecule has 0 radical (unpaired) electrons. The number of unbranched alkanes of at least 4 members (excludes halogenated alkanes) is 1. The molecule has 0 heterocycles. The Bertz CT molecular complexity index is 317. The number of rotatable bonds is 8. The van der Waals surface area contributed by atoms with E-state index in [0.717, 1.165) is 0 Å². The number of nitrogens with zero attached hydrogens (tertiary/aromatic N) is 1. The van der Waals surface area contributed by atoms with Gasteiger partial charge in [-0.05, 0) is 26.7 Å². The summed E-state index contributed by atoms with van der Waals surface area (Å²) < 4.78 is 4.52. The minimum absolute atomic E-state index is 0.0892. The van der Waals surface area contributed by atoms with Gasteiger partial charge in [-0.15, -0.1) is 0 Å². The van der Waals surface area contributed by atoms with Crippen LogP contribution in [0.2, 0.25) is 0 Å². The van der Waals surface area contributed by atoms with Crippen molar-refractivity contribution in [1.29, 1.82) is 0 Å². The van der Waals surface area contributed by atoms with Crippen LogP contribution in [0, 0.1) is 0 Å². The molecule has 0 aromatic heterocycles. The number of esters is 1. The second-order valence-corrected chi connectivity index (χ2v) is 4.38. The number of carbonyl (C=O) groups excluding carboxylic acids is 2. The van der Waals surface area contributed by atoms with Gasteiger partial charge in [-0.2, -0.15) is 0 Å². The van der Waals surface area contributed by atoms with Gasteiger partial charge in [0.05, 0.1) is 7.11 Å². The molecule has 0 saturated carbocycles.